The first-order valence-corrected chi connectivity index (χ1v) is 8.93. The number of hydrogen-bond donors (Lipinski definition) is 1. The Bertz CT molecular complexity index is 729. The number of hydrogen-bond acceptors (Lipinski definition) is 4. The Morgan fingerprint density at radius 2 is 2.09 bits per heavy atom. The Morgan fingerprint density at radius 1 is 1.39 bits per heavy atom. The molecule has 124 valence electrons. The van der Waals surface area contributed by atoms with Crippen molar-refractivity contribution in [1.29, 1.82) is 0 Å². The van der Waals surface area contributed by atoms with Crippen LogP contribution in [-0.4, -0.2) is 20.7 Å². The van der Waals surface area contributed by atoms with Crippen molar-refractivity contribution < 1.29 is 4.79 Å². The van der Waals surface area contributed by atoms with Crippen LogP contribution in [0.5, 0.6) is 0 Å². The molecule has 2 aromatic heterocycles. The van der Waals surface area contributed by atoms with Crippen LogP contribution in [0, 0.1) is 26.7 Å². The van der Waals surface area contributed by atoms with E-state index in [4.69, 9.17) is 0 Å². The lowest BCUT2D eigenvalue weighted by Crippen LogP contribution is -2.33. The number of nitrogens with zero attached hydrogens (tertiary/aromatic N) is 3. The Morgan fingerprint density at radius 3 is 2.57 bits per heavy atom. The van der Waals surface area contributed by atoms with Crippen LogP contribution in [0.1, 0.15) is 58.6 Å². The second kappa shape index (κ2) is 6.07. The van der Waals surface area contributed by atoms with Gasteiger partial charge in [-0.2, -0.15) is 5.10 Å². The molecule has 5 nitrogen and oxygen atoms in total. The molecule has 0 aromatic carbocycles. The van der Waals surface area contributed by atoms with Crippen LogP contribution in [0.15, 0.2) is 6.20 Å². The molecule has 3 rings (SSSR count). The first-order chi connectivity index (χ1) is 10.9. The number of thiazole rings is 1. The quantitative estimate of drug-likeness (QED) is 0.915. The summed E-state index contributed by atoms with van der Waals surface area (Å²) in [5.41, 5.74) is 3.02. The molecule has 0 saturated heterocycles. The van der Waals surface area contributed by atoms with Gasteiger partial charge < -0.3 is 5.32 Å². The zero-order valence-corrected chi connectivity index (χ0v) is 15.2. The number of aromatic nitrogens is 3. The molecule has 23 heavy (non-hydrogen) atoms. The molecule has 1 aliphatic carbocycles. The molecule has 0 unspecified atom stereocenters. The lowest BCUT2D eigenvalue weighted by molar-refractivity contribution is -0.123. The van der Waals surface area contributed by atoms with Gasteiger partial charge in [-0.25, -0.2) is 4.98 Å². The number of aryl methyl sites for hydroxylation is 3. The Kier molecular flexibility index (Phi) is 4.27. The van der Waals surface area contributed by atoms with Crippen LogP contribution in [0.2, 0.25) is 0 Å². The van der Waals surface area contributed by atoms with Gasteiger partial charge in [-0.3, -0.25) is 9.48 Å². The number of carbonyl (C=O) groups excluding carboxylic acids is 1. The summed E-state index contributed by atoms with van der Waals surface area (Å²) in [5, 5.41) is 8.70. The molecular formula is C17H24N4OS. The molecule has 6 heteroatoms. The molecule has 2 atom stereocenters. The molecule has 1 N–H and O–H groups in total. The predicted octanol–water partition coefficient (Wildman–Crippen LogP) is 3.17. The topological polar surface area (TPSA) is 59.8 Å². The lowest BCUT2D eigenvalue weighted by atomic mass is 9.97. The molecule has 1 fully saturated rings. The van der Waals surface area contributed by atoms with Crippen molar-refractivity contribution in [3.8, 4) is 0 Å². The van der Waals surface area contributed by atoms with Crippen molar-refractivity contribution in [2.75, 3.05) is 0 Å². The molecule has 2 aromatic rings. The van der Waals surface area contributed by atoms with E-state index in [0.29, 0.717) is 5.92 Å². The van der Waals surface area contributed by atoms with Crippen molar-refractivity contribution >= 4 is 17.2 Å². The van der Waals surface area contributed by atoms with Gasteiger partial charge in [0.1, 0.15) is 5.01 Å². The minimum atomic E-state index is -0.203. The van der Waals surface area contributed by atoms with Crippen molar-refractivity contribution in [1.82, 2.24) is 20.1 Å². The van der Waals surface area contributed by atoms with E-state index in [9.17, 15) is 4.79 Å². The molecule has 0 bridgehead atoms. The van der Waals surface area contributed by atoms with Gasteiger partial charge >= 0.3 is 0 Å². The maximum Gasteiger partial charge on any atom is 0.227 e. The summed E-state index contributed by atoms with van der Waals surface area (Å²) >= 11 is 1.68. The van der Waals surface area contributed by atoms with Gasteiger partial charge in [0.2, 0.25) is 5.91 Å². The summed E-state index contributed by atoms with van der Waals surface area (Å²) in [7, 11) is 1.92. The van der Waals surface area contributed by atoms with E-state index in [2.05, 4.69) is 22.3 Å². The van der Waals surface area contributed by atoms with E-state index in [-0.39, 0.29) is 17.9 Å². The molecule has 0 spiro atoms. The Labute approximate surface area is 141 Å². The average molecular weight is 332 g/mol. The molecule has 1 aliphatic rings. The summed E-state index contributed by atoms with van der Waals surface area (Å²) in [6, 6.07) is 0.0564. The van der Waals surface area contributed by atoms with E-state index < -0.39 is 0 Å². The third kappa shape index (κ3) is 3.17. The zero-order valence-electron chi connectivity index (χ0n) is 14.4. The van der Waals surface area contributed by atoms with E-state index >= 15 is 0 Å². The maximum absolute atomic E-state index is 12.8. The summed E-state index contributed by atoms with van der Waals surface area (Å²) in [4.78, 5) is 18.5. The minimum absolute atomic E-state index is 0.0564. The van der Waals surface area contributed by atoms with Crippen molar-refractivity contribution in [2.45, 2.75) is 52.5 Å². The summed E-state index contributed by atoms with van der Waals surface area (Å²) in [5.74, 6) is 0.396. The lowest BCUT2D eigenvalue weighted by Gasteiger charge is -2.19. The standard InChI is InChI=1S/C17H24N4OS/c1-9-8-18-17(23-9)15(13-6-7-13)19-16(22)10(2)14-11(3)20-21(5)12(14)4/h8,10,13,15H,6-7H2,1-5H3,(H,19,22)/t10-,15-/m1/s1. The first kappa shape index (κ1) is 16.2. The highest BCUT2D eigenvalue weighted by Gasteiger charge is 2.36. The molecule has 1 amide bonds. The number of nitrogens with one attached hydrogen (secondary N) is 1. The number of amides is 1. The third-order valence-electron chi connectivity index (χ3n) is 4.69. The molecule has 1 saturated carbocycles. The van der Waals surface area contributed by atoms with Crippen LogP contribution < -0.4 is 5.32 Å². The second-order valence-electron chi connectivity index (χ2n) is 6.56. The number of carbonyl (C=O) groups is 1. The summed E-state index contributed by atoms with van der Waals surface area (Å²) in [6.45, 7) is 8.00. The van der Waals surface area contributed by atoms with Crippen molar-refractivity contribution in [3.63, 3.8) is 0 Å². The Balaban J connectivity index is 1.79. The van der Waals surface area contributed by atoms with Gasteiger partial charge in [0, 0.05) is 29.4 Å². The van der Waals surface area contributed by atoms with Crippen molar-refractivity contribution in [3.05, 3.63) is 33.0 Å². The normalized spacial score (nSPS) is 17.1. The first-order valence-electron chi connectivity index (χ1n) is 8.11. The molecule has 0 radical (unpaired) electrons. The molecule has 2 heterocycles. The molecular weight excluding hydrogens is 308 g/mol. The van der Waals surface area contributed by atoms with Gasteiger partial charge in [-0.1, -0.05) is 0 Å². The minimum Gasteiger partial charge on any atom is -0.346 e. The van der Waals surface area contributed by atoms with Gasteiger partial charge in [0.15, 0.2) is 0 Å². The van der Waals surface area contributed by atoms with E-state index in [1.807, 2.05) is 38.7 Å². The van der Waals surface area contributed by atoms with Gasteiger partial charge in [-0.15, -0.1) is 11.3 Å². The van der Waals surface area contributed by atoms with E-state index in [0.717, 1.165) is 22.0 Å². The Hall–Kier alpha value is -1.69. The predicted molar refractivity (Wildman–Crippen MR) is 91.6 cm³/mol. The number of rotatable bonds is 5. The highest BCUT2D eigenvalue weighted by atomic mass is 32.1. The van der Waals surface area contributed by atoms with Gasteiger partial charge in [0.05, 0.1) is 17.7 Å². The smallest absolute Gasteiger partial charge is 0.227 e. The highest BCUT2D eigenvalue weighted by Crippen LogP contribution is 2.42. The monoisotopic (exact) mass is 332 g/mol. The summed E-state index contributed by atoms with van der Waals surface area (Å²) < 4.78 is 1.84. The zero-order chi connectivity index (χ0) is 16.7. The third-order valence-corrected chi connectivity index (χ3v) is 5.68. The van der Waals surface area contributed by atoms with Crippen LogP contribution in [0.4, 0.5) is 0 Å². The van der Waals surface area contributed by atoms with Crippen LogP contribution in [-0.2, 0) is 11.8 Å². The van der Waals surface area contributed by atoms with Crippen LogP contribution in [0.3, 0.4) is 0 Å². The SMILES string of the molecule is Cc1cnc([C@H](NC(=O)[C@H](C)c2c(C)nn(C)c2C)C2CC2)s1. The fraction of sp³-hybridized carbons (Fsp3) is 0.588. The second-order valence-corrected chi connectivity index (χ2v) is 7.83. The fourth-order valence-corrected chi connectivity index (χ4v) is 4.07. The molecule has 0 aliphatic heterocycles. The van der Waals surface area contributed by atoms with Gasteiger partial charge in [0.25, 0.3) is 0 Å². The van der Waals surface area contributed by atoms with Gasteiger partial charge in [-0.05, 0) is 46.5 Å². The average Bonchev–Trinajstić information content (AvgIpc) is 3.19. The van der Waals surface area contributed by atoms with E-state index in [1.54, 1.807) is 11.3 Å². The highest BCUT2D eigenvalue weighted by molar-refractivity contribution is 7.11. The van der Waals surface area contributed by atoms with Crippen LogP contribution >= 0.6 is 11.3 Å². The maximum atomic E-state index is 12.8. The fourth-order valence-electron chi connectivity index (χ4n) is 3.15. The largest absolute Gasteiger partial charge is 0.346 e. The van der Waals surface area contributed by atoms with E-state index in [1.165, 1.54) is 17.7 Å². The van der Waals surface area contributed by atoms with Crippen LogP contribution in [0.25, 0.3) is 0 Å². The van der Waals surface area contributed by atoms with Crippen molar-refractivity contribution in [2.24, 2.45) is 13.0 Å². The summed E-state index contributed by atoms with van der Waals surface area (Å²) in [6.07, 6.45) is 4.23.